The molecule has 0 atom stereocenters. The predicted octanol–water partition coefficient (Wildman–Crippen LogP) is 4.41. The van der Waals surface area contributed by atoms with E-state index >= 15 is 0 Å². The quantitative estimate of drug-likeness (QED) is 0.564. The van der Waals surface area contributed by atoms with Gasteiger partial charge in [-0.25, -0.2) is 0 Å². The van der Waals surface area contributed by atoms with Gasteiger partial charge >= 0.3 is 0 Å². The van der Waals surface area contributed by atoms with Crippen molar-refractivity contribution >= 4 is 0 Å². The van der Waals surface area contributed by atoms with Crippen LogP contribution in [0, 0.1) is 0 Å². The van der Waals surface area contributed by atoms with Crippen molar-refractivity contribution < 1.29 is 4.74 Å². The van der Waals surface area contributed by atoms with Crippen LogP contribution in [0.5, 0.6) is 5.75 Å². The van der Waals surface area contributed by atoms with Crippen LogP contribution in [-0.2, 0) is 0 Å². The number of nitrogens with one attached hydrogen (secondary N) is 1. The fourth-order valence-electron chi connectivity index (χ4n) is 2.06. The van der Waals surface area contributed by atoms with E-state index in [1.54, 1.807) is 0 Å². The Morgan fingerprint density at radius 3 is 2.32 bits per heavy atom. The van der Waals surface area contributed by atoms with Gasteiger partial charge in [-0.1, -0.05) is 57.2 Å². The molecule has 1 rings (SSSR count). The minimum absolute atomic E-state index is 0.799. The Hall–Kier alpha value is -1.02. The third kappa shape index (κ3) is 9.54. The zero-order valence-corrected chi connectivity index (χ0v) is 12.4. The van der Waals surface area contributed by atoms with Crippen LogP contribution in [-0.4, -0.2) is 19.7 Å². The summed E-state index contributed by atoms with van der Waals surface area (Å²) in [7, 11) is 0. The van der Waals surface area contributed by atoms with Crippen LogP contribution in [0.25, 0.3) is 0 Å². The Kier molecular flexibility index (Phi) is 10.2. The second kappa shape index (κ2) is 12.0. The van der Waals surface area contributed by atoms with Crippen molar-refractivity contribution in [1.29, 1.82) is 0 Å². The van der Waals surface area contributed by atoms with Gasteiger partial charge in [-0.05, 0) is 38.1 Å². The number of para-hydroxylation sites is 1. The van der Waals surface area contributed by atoms with Gasteiger partial charge in [-0.3, -0.25) is 0 Å². The smallest absolute Gasteiger partial charge is 0.119 e. The molecule has 0 spiro atoms. The molecule has 19 heavy (non-hydrogen) atoms. The number of unbranched alkanes of at least 4 members (excludes halogenated alkanes) is 5. The van der Waals surface area contributed by atoms with Gasteiger partial charge in [0.05, 0.1) is 6.61 Å². The molecule has 0 aromatic heterocycles. The lowest BCUT2D eigenvalue weighted by atomic mass is 10.1. The SMILES string of the molecule is CCCCCCCCNCCCOc1ccccc1. The first kappa shape index (κ1) is 16.0. The molecule has 0 heterocycles. The van der Waals surface area contributed by atoms with Crippen molar-refractivity contribution in [3.8, 4) is 5.75 Å². The van der Waals surface area contributed by atoms with Gasteiger partial charge in [0.25, 0.3) is 0 Å². The highest BCUT2D eigenvalue weighted by atomic mass is 16.5. The molecule has 2 nitrogen and oxygen atoms in total. The lowest BCUT2D eigenvalue weighted by Gasteiger charge is -2.07. The molecule has 1 aromatic rings. The van der Waals surface area contributed by atoms with E-state index < -0.39 is 0 Å². The highest BCUT2D eigenvalue weighted by molar-refractivity contribution is 5.20. The summed E-state index contributed by atoms with van der Waals surface area (Å²) in [5.41, 5.74) is 0. The third-order valence-corrected chi connectivity index (χ3v) is 3.22. The van der Waals surface area contributed by atoms with Crippen LogP contribution in [0.1, 0.15) is 51.9 Å². The number of ether oxygens (including phenoxy) is 1. The van der Waals surface area contributed by atoms with E-state index in [4.69, 9.17) is 4.74 Å². The van der Waals surface area contributed by atoms with E-state index in [2.05, 4.69) is 12.2 Å². The maximum atomic E-state index is 5.64. The zero-order valence-electron chi connectivity index (χ0n) is 12.4. The fourth-order valence-corrected chi connectivity index (χ4v) is 2.06. The maximum absolute atomic E-state index is 5.64. The molecule has 0 aliphatic carbocycles. The lowest BCUT2D eigenvalue weighted by Crippen LogP contribution is -2.18. The molecule has 108 valence electrons. The van der Waals surface area contributed by atoms with E-state index in [1.807, 2.05) is 30.3 Å². The first-order valence-electron chi connectivity index (χ1n) is 7.82. The van der Waals surface area contributed by atoms with Crippen LogP contribution in [0.15, 0.2) is 30.3 Å². The van der Waals surface area contributed by atoms with E-state index in [1.165, 1.54) is 38.5 Å². The zero-order chi connectivity index (χ0) is 13.6. The summed E-state index contributed by atoms with van der Waals surface area (Å²) in [4.78, 5) is 0. The molecule has 0 fully saturated rings. The molecular formula is C17H29NO. The van der Waals surface area contributed by atoms with Crippen molar-refractivity contribution in [2.45, 2.75) is 51.9 Å². The lowest BCUT2D eigenvalue weighted by molar-refractivity contribution is 0.308. The van der Waals surface area contributed by atoms with Crippen LogP contribution >= 0.6 is 0 Å². The van der Waals surface area contributed by atoms with E-state index in [0.29, 0.717) is 0 Å². The molecule has 0 saturated carbocycles. The molecule has 0 aliphatic rings. The van der Waals surface area contributed by atoms with Crippen molar-refractivity contribution in [3.63, 3.8) is 0 Å². The minimum atomic E-state index is 0.799. The summed E-state index contributed by atoms with van der Waals surface area (Å²) in [6.07, 6.45) is 9.28. The van der Waals surface area contributed by atoms with E-state index in [-0.39, 0.29) is 0 Å². The Bertz CT molecular complexity index is 287. The molecule has 0 aliphatic heterocycles. The molecular weight excluding hydrogens is 234 g/mol. The van der Waals surface area contributed by atoms with Gasteiger partial charge in [0.15, 0.2) is 0 Å². The predicted molar refractivity (Wildman–Crippen MR) is 82.8 cm³/mol. The van der Waals surface area contributed by atoms with Crippen molar-refractivity contribution in [3.05, 3.63) is 30.3 Å². The second-order valence-corrected chi connectivity index (χ2v) is 5.03. The van der Waals surface area contributed by atoms with Crippen LogP contribution in [0.3, 0.4) is 0 Å². The van der Waals surface area contributed by atoms with Crippen LogP contribution < -0.4 is 10.1 Å². The van der Waals surface area contributed by atoms with Gasteiger partial charge in [-0.15, -0.1) is 0 Å². The molecule has 1 N–H and O–H groups in total. The first-order valence-corrected chi connectivity index (χ1v) is 7.82. The van der Waals surface area contributed by atoms with Crippen molar-refractivity contribution in [1.82, 2.24) is 5.32 Å². The molecule has 1 aromatic carbocycles. The molecule has 0 amide bonds. The van der Waals surface area contributed by atoms with Gasteiger partial charge in [0, 0.05) is 0 Å². The first-order chi connectivity index (χ1) is 9.43. The summed E-state index contributed by atoms with van der Waals surface area (Å²) >= 11 is 0. The Morgan fingerprint density at radius 1 is 0.842 bits per heavy atom. The van der Waals surface area contributed by atoms with Crippen molar-refractivity contribution in [2.24, 2.45) is 0 Å². The molecule has 0 unspecified atom stereocenters. The summed E-state index contributed by atoms with van der Waals surface area (Å²) in [6.45, 7) is 5.27. The van der Waals surface area contributed by atoms with Gasteiger partial charge in [-0.2, -0.15) is 0 Å². The number of benzene rings is 1. The van der Waals surface area contributed by atoms with E-state index in [9.17, 15) is 0 Å². The normalized spacial score (nSPS) is 10.6. The van der Waals surface area contributed by atoms with E-state index in [0.717, 1.165) is 31.9 Å². The monoisotopic (exact) mass is 263 g/mol. The minimum Gasteiger partial charge on any atom is -0.494 e. The van der Waals surface area contributed by atoms with Gasteiger partial charge in [0.1, 0.15) is 5.75 Å². The maximum Gasteiger partial charge on any atom is 0.119 e. The largest absolute Gasteiger partial charge is 0.494 e. The summed E-state index contributed by atoms with van der Waals surface area (Å²) < 4.78 is 5.64. The summed E-state index contributed by atoms with van der Waals surface area (Å²) in [5, 5.41) is 3.48. The second-order valence-electron chi connectivity index (χ2n) is 5.03. The standard InChI is InChI=1S/C17H29NO/c1-2-3-4-5-6-10-14-18-15-11-16-19-17-12-8-7-9-13-17/h7-9,12-13,18H,2-6,10-11,14-16H2,1H3. The highest BCUT2D eigenvalue weighted by Gasteiger charge is 1.93. The van der Waals surface area contributed by atoms with Crippen molar-refractivity contribution in [2.75, 3.05) is 19.7 Å². The van der Waals surface area contributed by atoms with Gasteiger partial charge in [0.2, 0.25) is 0 Å². The summed E-state index contributed by atoms with van der Waals surface area (Å²) in [5.74, 6) is 0.971. The van der Waals surface area contributed by atoms with Crippen LogP contribution in [0.2, 0.25) is 0 Å². The third-order valence-electron chi connectivity index (χ3n) is 3.22. The fraction of sp³-hybridized carbons (Fsp3) is 0.647. The molecule has 0 saturated heterocycles. The molecule has 0 bridgehead atoms. The average molecular weight is 263 g/mol. The van der Waals surface area contributed by atoms with Gasteiger partial charge < -0.3 is 10.1 Å². The molecule has 0 radical (unpaired) electrons. The van der Waals surface area contributed by atoms with Crippen LogP contribution in [0.4, 0.5) is 0 Å². The summed E-state index contributed by atoms with van der Waals surface area (Å²) in [6, 6.07) is 10.0. The Labute approximate surface area is 118 Å². The topological polar surface area (TPSA) is 21.3 Å². The average Bonchev–Trinajstić information content (AvgIpc) is 2.46. The Balaban J connectivity index is 1.79. The number of hydrogen-bond acceptors (Lipinski definition) is 2. The Morgan fingerprint density at radius 2 is 1.53 bits per heavy atom. The molecule has 2 heteroatoms. The number of rotatable bonds is 12. The number of hydrogen-bond donors (Lipinski definition) is 1. The highest BCUT2D eigenvalue weighted by Crippen LogP contribution is 2.08.